The lowest BCUT2D eigenvalue weighted by molar-refractivity contribution is -0.124. The third-order valence-corrected chi connectivity index (χ3v) is 4.22. The van der Waals surface area contributed by atoms with Gasteiger partial charge in [0.05, 0.1) is 11.3 Å². The minimum Gasteiger partial charge on any atom is -0.452 e. The molecular weight excluding hydrogens is 380 g/mol. The van der Waals surface area contributed by atoms with Crippen LogP contribution < -0.4 is 10.6 Å². The van der Waals surface area contributed by atoms with Gasteiger partial charge in [-0.15, -0.1) is 0 Å². The molecule has 0 saturated carbocycles. The highest BCUT2D eigenvalue weighted by Gasteiger charge is 2.17. The second kappa shape index (κ2) is 10.5. The maximum atomic E-state index is 12.4. The summed E-state index contributed by atoms with van der Waals surface area (Å²) < 4.78 is 5.09. The smallest absolute Gasteiger partial charge is 0.340 e. The van der Waals surface area contributed by atoms with E-state index in [9.17, 15) is 14.4 Å². The van der Waals surface area contributed by atoms with Gasteiger partial charge in [-0.3, -0.25) is 9.59 Å². The Morgan fingerprint density at radius 3 is 2.43 bits per heavy atom. The Bertz CT molecular complexity index is 837. The zero-order chi connectivity index (χ0) is 20.5. The second-order valence-corrected chi connectivity index (χ2v) is 6.78. The molecule has 1 atom stereocenters. The molecule has 0 aliphatic rings. The van der Waals surface area contributed by atoms with Crippen LogP contribution in [0.25, 0.3) is 0 Å². The number of nitrogens with one attached hydrogen (secondary N) is 2. The number of anilines is 1. The second-order valence-electron chi connectivity index (χ2n) is 6.34. The lowest BCUT2D eigenvalue weighted by Gasteiger charge is -2.14. The topological polar surface area (TPSA) is 84.5 Å². The van der Waals surface area contributed by atoms with E-state index in [1.54, 1.807) is 42.5 Å². The van der Waals surface area contributed by atoms with Crippen molar-refractivity contribution >= 4 is 35.1 Å². The standard InChI is InChI=1S/C21H23ClN2O4/c1-3-6-14(2)23-19(25)13-28-21(27)17-7-4-5-8-18(17)24-20(26)15-9-11-16(22)12-10-15/h4-5,7-12,14H,3,6,13H2,1-2H3,(H,23,25)(H,24,26)/t14-/m1/s1. The number of amides is 2. The van der Waals surface area contributed by atoms with Crippen LogP contribution in [0, 0.1) is 0 Å². The van der Waals surface area contributed by atoms with Crippen molar-refractivity contribution in [3.05, 3.63) is 64.7 Å². The van der Waals surface area contributed by atoms with E-state index in [0.29, 0.717) is 16.3 Å². The van der Waals surface area contributed by atoms with E-state index in [-0.39, 0.29) is 30.0 Å². The molecule has 0 unspecified atom stereocenters. The number of para-hydroxylation sites is 1. The Hall–Kier alpha value is -2.86. The highest BCUT2D eigenvalue weighted by atomic mass is 35.5. The van der Waals surface area contributed by atoms with Crippen LogP contribution in [-0.2, 0) is 9.53 Å². The number of hydrogen-bond acceptors (Lipinski definition) is 4. The predicted molar refractivity (Wildman–Crippen MR) is 109 cm³/mol. The van der Waals surface area contributed by atoms with Crippen LogP contribution in [0.15, 0.2) is 48.5 Å². The van der Waals surface area contributed by atoms with Gasteiger partial charge in [-0.25, -0.2) is 4.79 Å². The summed E-state index contributed by atoms with van der Waals surface area (Å²) in [7, 11) is 0. The summed E-state index contributed by atoms with van der Waals surface area (Å²) in [4.78, 5) is 36.6. The van der Waals surface area contributed by atoms with E-state index in [2.05, 4.69) is 10.6 Å². The lowest BCUT2D eigenvalue weighted by Crippen LogP contribution is -2.35. The number of carbonyl (C=O) groups is 3. The summed E-state index contributed by atoms with van der Waals surface area (Å²) >= 11 is 5.83. The monoisotopic (exact) mass is 402 g/mol. The minimum atomic E-state index is -0.690. The molecule has 2 amide bonds. The molecular formula is C21H23ClN2O4. The van der Waals surface area contributed by atoms with Crippen molar-refractivity contribution in [2.45, 2.75) is 32.7 Å². The number of hydrogen-bond donors (Lipinski definition) is 2. The van der Waals surface area contributed by atoms with Crippen molar-refractivity contribution in [1.82, 2.24) is 5.32 Å². The van der Waals surface area contributed by atoms with E-state index in [0.717, 1.165) is 12.8 Å². The van der Waals surface area contributed by atoms with Crippen LogP contribution in [0.4, 0.5) is 5.69 Å². The van der Waals surface area contributed by atoms with Gasteiger partial charge in [0.25, 0.3) is 11.8 Å². The molecule has 7 heteroatoms. The molecule has 0 bridgehead atoms. The third-order valence-electron chi connectivity index (χ3n) is 3.97. The fourth-order valence-electron chi connectivity index (χ4n) is 2.60. The number of rotatable bonds is 8. The molecule has 0 radical (unpaired) electrons. The van der Waals surface area contributed by atoms with Gasteiger partial charge in [0.1, 0.15) is 0 Å². The molecule has 2 N–H and O–H groups in total. The van der Waals surface area contributed by atoms with Crippen molar-refractivity contribution < 1.29 is 19.1 Å². The zero-order valence-electron chi connectivity index (χ0n) is 15.8. The number of benzene rings is 2. The first kappa shape index (κ1) is 21.4. The predicted octanol–water partition coefficient (Wildman–Crippen LogP) is 4.05. The van der Waals surface area contributed by atoms with Crippen molar-refractivity contribution in [1.29, 1.82) is 0 Å². The Kier molecular flexibility index (Phi) is 8.02. The average molecular weight is 403 g/mol. The quantitative estimate of drug-likeness (QED) is 0.652. The first-order valence-electron chi connectivity index (χ1n) is 9.03. The summed E-state index contributed by atoms with van der Waals surface area (Å²) in [5, 5.41) is 5.96. The molecule has 2 rings (SSSR count). The van der Waals surface area contributed by atoms with Crippen LogP contribution >= 0.6 is 11.6 Å². The Morgan fingerprint density at radius 1 is 1.07 bits per heavy atom. The molecule has 148 valence electrons. The highest BCUT2D eigenvalue weighted by molar-refractivity contribution is 6.30. The van der Waals surface area contributed by atoms with Crippen molar-refractivity contribution in [2.24, 2.45) is 0 Å². The molecule has 0 aliphatic carbocycles. The summed E-state index contributed by atoms with van der Waals surface area (Å²) in [5.74, 6) is -1.44. The van der Waals surface area contributed by atoms with Crippen molar-refractivity contribution in [3.8, 4) is 0 Å². The normalized spacial score (nSPS) is 11.4. The van der Waals surface area contributed by atoms with Gasteiger partial charge in [0, 0.05) is 16.6 Å². The number of ether oxygens (including phenoxy) is 1. The molecule has 28 heavy (non-hydrogen) atoms. The van der Waals surface area contributed by atoms with Crippen LogP contribution in [0.2, 0.25) is 5.02 Å². The van der Waals surface area contributed by atoms with Crippen LogP contribution in [0.3, 0.4) is 0 Å². The van der Waals surface area contributed by atoms with E-state index < -0.39 is 5.97 Å². The Morgan fingerprint density at radius 2 is 1.75 bits per heavy atom. The lowest BCUT2D eigenvalue weighted by atomic mass is 10.1. The minimum absolute atomic E-state index is 0.0159. The first-order valence-corrected chi connectivity index (χ1v) is 9.41. The molecule has 6 nitrogen and oxygen atoms in total. The number of carbonyl (C=O) groups excluding carboxylic acids is 3. The van der Waals surface area contributed by atoms with Gasteiger partial charge >= 0.3 is 5.97 Å². The fourth-order valence-corrected chi connectivity index (χ4v) is 2.72. The number of esters is 1. The average Bonchev–Trinajstić information content (AvgIpc) is 2.67. The first-order chi connectivity index (χ1) is 13.4. The molecule has 2 aromatic carbocycles. The summed E-state index contributed by atoms with van der Waals surface area (Å²) in [5.41, 5.74) is 0.864. The zero-order valence-corrected chi connectivity index (χ0v) is 16.6. The molecule has 0 fully saturated rings. The summed E-state index contributed by atoms with van der Waals surface area (Å²) in [6, 6.07) is 12.9. The SMILES string of the molecule is CCC[C@@H](C)NC(=O)COC(=O)c1ccccc1NC(=O)c1ccc(Cl)cc1. The molecule has 2 aromatic rings. The van der Waals surface area contributed by atoms with E-state index in [4.69, 9.17) is 16.3 Å². The van der Waals surface area contributed by atoms with E-state index in [1.807, 2.05) is 13.8 Å². The Balaban J connectivity index is 2.00. The largest absolute Gasteiger partial charge is 0.452 e. The maximum Gasteiger partial charge on any atom is 0.340 e. The van der Waals surface area contributed by atoms with Gasteiger partial charge in [-0.05, 0) is 49.7 Å². The molecule has 0 spiro atoms. The van der Waals surface area contributed by atoms with Gasteiger partial charge in [-0.2, -0.15) is 0 Å². The van der Waals surface area contributed by atoms with E-state index in [1.165, 1.54) is 6.07 Å². The third kappa shape index (κ3) is 6.39. The van der Waals surface area contributed by atoms with E-state index >= 15 is 0 Å². The van der Waals surface area contributed by atoms with Gasteiger partial charge in [-0.1, -0.05) is 37.1 Å². The van der Waals surface area contributed by atoms with Crippen LogP contribution in [0.5, 0.6) is 0 Å². The number of halogens is 1. The highest BCUT2D eigenvalue weighted by Crippen LogP contribution is 2.18. The van der Waals surface area contributed by atoms with Gasteiger partial charge in [0.2, 0.25) is 0 Å². The van der Waals surface area contributed by atoms with Crippen molar-refractivity contribution in [2.75, 3.05) is 11.9 Å². The van der Waals surface area contributed by atoms with Crippen molar-refractivity contribution in [3.63, 3.8) is 0 Å². The molecule has 0 heterocycles. The van der Waals surface area contributed by atoms with Gasteiger partial charge < -0.3 is 15.4 Å². The Labute approximate surface area is 169 Å². The summed E-state index contributed by atoms with van der Waals surface area (Å²) in [6.45, 7) is 3.54. The maximum absolute atomic E-state index is 12.4. The van der Waals surface area contributed by atoms with Gasteiger partial charge in [0.15, 0.2) is 6.61 Å². The molecule has 0 saturated heterocycles. The summed E-state index contributed by atoms with van der Waals surface area (Å²) in [6.07, 6.45) is 1.79. The fraction of sp³-hybridized carbons (Fsp3) is 0.286. The molecule has 0 aliphatic heterocycles. The van der Waals surface area contributed by atoms with Crippen LogP contribution in [-0.4, -0.2) is 30.4 Å². The molecule has 0 aromatic heterocycles. The van der Waals surface area contributed by atoms with Crippen LogP contribution in [0.1, 0.15) is 47.4 Å².